The van der Waals surface area contributed by atoms with Gasteiger partial charge < -0.3 is 9.32 Å². The summed E-state index contributed by atoms with van der Waals surface area (Å²) in [5.41, 5.74) is 2.07. The van der Waals surface area contributed by atoms with Gasteiger partial charge >= 0.3 is 0 Å². The van der Waals surface area contributed by atoms with E-state index in [1.807, 2.05) is 25.1 Å². The van der Waals surface area contributed by atoms with Gasteiger partial charge in [0.1, 0.15) is 11.8 Å². The first-order valence-electron chi connectivity index (χ1n) is 6.71. The third kappa shape index (κ3) is 1.97. The highest BCUT2D eigenvalue weighted by molar-refractivity contribution is 6.06. The summed E-state index contributed by atoms with van der Waals surface area (Å²) in [5, 5.41) is 0.703. The van der Waals surface area contributed by atoms with Crippen molar-refractivity contribution in [2.45, 2.75) is 32.2 Å². The molecule has 0 radical (unpaired) electrons. The van der Waals surface area contributed by atoms with Crippen LogP contribution in [0.4, 0.5) is 8.78 Å². The largest absolute Gasteiger partial charge is 0.463 e. The number of aryl methyl sites for hydroxylation is 1. The molecule has 1 aliphatic heterocycles. The molecule has 1 saturated heterocycles. The Morgan fingerprint density at radius 1 is 1.50 bits per heavy atom. The van der Waals surface area contributed by atoms with Gasteiger partial charge in [-0.05, 0) is 30.5 Å². The number of hydrogen-bond donors (Lipinski definition) is 0. The van der Waals surface area contributed by atoms with Crippen molar-refractivity contribution in [2.24, 2.45) is 0 Å². The number of furan rings is 1. The lowest BCUT2D eigenvalue weighted by molar-refractivity contribution is -0.0218. The predicted octanol–water partition coefficient (Wildman–Crippen LogP) is 3.47. The predicted molar refractivity (Wildman–Crippen MR) is 71.0 cm³/mol. The van der Waals surface area contributed by atoms with Gasteiger partial charge in [0.25, 0.3) is 12.3 Å². The Labute approximate surface area is 115 Å². The Balaban J connectivity index is 1.95. The van der Waals surface area contributed by atoms with E-state index in [1.165, 1.54) is 11.2 Å². The highest BCUT2D eigenvalue weighted by Crippen LogP contribution is 2.29. The van der Waals surface area contributed by atoms with Gasteiger partial charge in [-0.25, -0.2) is 8.78 Å². The number of alkyl halides is 2. The van der Waals surface area contributed by atoms with Crippen LogP contribution >= 0.6 is 0 Å². The summed E-state index contributed by atoms with van der Waals surface area (Å²) in [5.74, 6) is -0.367. The molecule has 1 unspecified atom stereocenters. The molecule has 1 atom stereocenters. The molecule has 1 aliphatic rings. The molecule has 0 saturated carbocycles. The summed E-state index contributed by atoms with van der Waals surface area (Å²) in [6, 6.07) is 4.68. The number of carbonyl (C=O) groups is 1. The molecule has 0 aliphatic carbocycles. The molecule has 1 amide bonds. The van der Waals surface area contributed by atoms with Crippen molar-refractivity contribution in [3.8, 4) is 0 Å². The van der Waals surface area contributed by atoms with E-state index in [-0.39, 0.29) is 5.91 Å². The van der Waals surface area contributed by atoms with Crippen LogP contribution in [0.3, 0.4) is 0 Å². The second-order valence-electron chi connectivity index (χ2n) is 5.02. The molecule has 0 spiro atoms. The lowest BCUT2D eigenvalue weighted by Gasteiger charge is -2.40. The number of carbonyl (C=O) groups excluding carboxylic acids is 1. The number of halogens is 2. The van der Waals surface area contributed by atoms with Crippen molar-refractivity contribution in [1.82, 2.24) is 4.90 Å². The molecule has 5 heteroatoms. The summed E-state index contributed by atoms with van der Waals surface area (Å²) in [4.78, 5) is 13.6. The van der Waals surface area contributed by atoms with E-state index in [4.69, 9.17) is 4.42 Å². The first kappa shape index (κ1) is 13.1. The summed E-state index contributed by atoms with van der Waals surface area (Å²) < 4.78 is 30.8. The van der Waals surface area contributed by atoms with Gasteiger partial charge in [-0.15, -0.1) is 0 Å². The average molecular weight is 279 g/mol. The number of hydrogen-bond acceptors (Lipinski definition) is 2. The Morgan fingerprint density at radius 2 is 2.30 bits per heavy atom. The molecular weight excluding hydrogens is 264 g/mol. The van der Waals surface area contributed by atoms with Crippen LogP contribution < -0.4 is 0 Å². The van der Waals surface area contributed by atoms with E-state index in [9.17, 15) is 13.6 Å². The van der Waals surface area contributed by atoms with Crippen molar-refractivity contribution in [2.75, 3.05) is 6.54 Å². The maximum atomic E-state index is 12.7. The normalized spacial score (nSPS) is 18.6. The molecule has 1 aromatic carbocycles. The lowest BCUT2D eigenvalue weighted by Crippen LogP contribution is -2.54. The van der Waals surface area contributed by atoms with Gasteiger partial charge in [-0.2, -0.15) is 0 Å². The number of rotatable bonds is 3. The molecule has 2 aromatic rings. The van der Waals surface area contributed by atoms with Crippen LogP contribution in [0, 0.1) is 0 Å². The van der Waals surface area contributed by atoms with Crippen LogP contribution in [-0.4, -0.2) is 29.8 Å². The third-order valence-electron chi connectivity index (χ3n) is 3.89. The molecule has 3 nitrogen and oxygen atoms in total. The molecule has 20 heavy (non-hydrogen) atoms. The number of amides is 1. The van der Waals surface area contributed by atoms with Gasteiger partial charge in [-0.3, -0.25) is 4.79 Å². The SMILES string of the molecule is CCc1ccc2occ(C(=O)N3CCC3C(F)F)c2c1. The van der Waals surface area contributed by atoms with E-state index in [0.29, 0.717) is 29.5 Å². The molecule has 106 valence electrons. The van der Waals surface area contributed by atoms with Crippen molar-refractivity contribution in [3.05, 3.63) is 35.6 Å². The number of nitrogens with zero attached hydrogens (tertiary/aromatic N) is 1. The van der Waals surface area contributed by atoms with Crippen LogP contribution in [0.5, 0.6) is 0 Å². The van der Waals surface area contributed by atoms with Gasteiger partial charge in [-0.1, -0.05) is 13.0 Å². The highest BCUT2D eigenvalue weighted by atomic mass is 19.3. The van der Waals surface area contributed by atoms with E-state index < -0.39 is 12.5 Å². The maximum absolute atomic E-state index is 12.7. The van der Waals surface area contributed by atoms with Crippen LogP contribution in [0.2, 0.25) is 0 Å². The Hall–Kier alpha value is -1.91. The van der Waals surface area contributed by atoms with E-state index >= 15 is 0 Å². The Bertz CT molecular complexity index is 650. The zero-order chi connectivity index (χ0) is 14.3. The van der Waals surface area contributed by atoms with E-state index in [1.54, 1.807) is 0 Å². The van der Waals surface area contributed by atoms with Gasteiger partial charge in [0.15, 0.2) is 0 Å². The van der Waals surface area contributed by atoms with Gasteiger partial charge in [0.05, 0.1) is 11.6 Å². The minimum Gasteiger partial charge on any atom is -0.463 e. The van der Waals surface area contributed by atoms with Crippen LogP contribution in [0.15, 0.2) is 28.9 Å². The average Bonchev–Trinajstić information content (AvgIpc) is 2.79. The Kier molecular flexibility index (Phi) is 3.20. The zero-order valence-corrected chi connectivity index (χ0v) is 11.1. The second-order valence-corrected chi connectivity index (χ2v) is 5.02. The summed E-state index contributed by atoms with van der Waals surface area (Å²) in [7, 11) is 0. The first-order valence-corrected chi connectivity index (χ1v) is 6.71. The minimum absolute atomic E-state index is 0.361. The highest BCUT2D eigenvalue weighted by Gasteiger charge is 2.39. The Morgan fingerprint density at radius 3 is 2.90 bits per heavy atom. The van der Waals surface area contributed by atoms with Crippen LogP contribution in [-0.2, 0) is 6.42 Å². The topological polar surface area (TPSA) is 33.5 Å². The van der Waals surface area contributed by atoms with E-state index in [0.717, 1.165) is 12.0 Å². The summed E-state index contributed by atoms with van der Waals surface area (Å²) in [6.07, 6.45) is 0.0854. The monoisotopic (exact) mass is 279 g/mol. The lowest BCUT2D eigenvalue weighted by atomic mass is 10.0. The first-order chi connectivity index (χ1) is 9.61. The van der Waals surface area contributed by atoms with E-state index in [2.05, 4.69) is 0 Å². The molecule has 1 aromatic heterocycles. The molecule has 2 heterocycles. The fourth-order valence-corrected chi connectivity index (χ4v) is 2.54. The van der Waals surface area contributed by atoms with Gasteiger partial charge in [0.2, 0.25) is 0 Å². The second kappa shape index (κ2) is 4.89. The fraction of sp³-hybridized carbons (Fsp3) is 0.400. The van der Waals surface area contributed by atoms with Crippen LogP contribution in [0.1, 0.15) is 29.3 Å². The zero-order valence-electron chi connectivity index (χ0n) is 11.1. The van der Waals surface area contributed by atoms with Crippen molar-refractivity contribution < 1.29 is 18.0 Å². The van der Waals surface area contributed by atoms with Crippen LogP contribution in [0.25, 0.3) is 11.0 Å². The fourth-order valence-electron chi connectivity index (χ4n) is 2.54. The molecule has 0 bridgehead atoms. The smallest absolute Gasteiger partial charge is 0.258 e. The molecule has 1 fully saturated rings. The molecular formula is C15H15F2NO2. The van der Waals surface area contributed by atoms with Gasteiger partial charge in [0, 0.05) is 11.9 Å². The van der Waals surface area contributed by atoms with Crippen molar-refractivity contribution in [1.29, 1.82) is 0 Å². The number of likely N-dealkylation sites (tertiary alicyclic amines) is 1. The third-order valence-corrected chi connectivity index (χ3v) is 3.89. The number of fused-ring (bicyclic) bond motifs is 1. The quantitative estimate of drug-likeness (QED) is 0.862. The standard InChI is InChI=1S/C15H15F2NO2/c1-2-9-3-4-13-10(7-9)11(8-20-13)15(19)18-6-5-12(18)14(16)17/h3-4,7-8,12,14H,2,5-6H2,1H3. The van der Waals surface area contributed by atoms with Crippen molar-refractivity contribution >= 4 is 16.9 Å². The van der Waals surface area contributed by atoms with Crippen molar-refractivity contribution in [3.63, 3.8) is 0 Å². The molecule has 3 rings (SSSR count). The number of benzene rings is 1. The molecule has 0 N–H and O–H groups in total. The summed E-state index contributed by atoms with van der Waals surface area (Å²) in [6.45, 7) is 2.40. The summed E-state index contributed by atoms with van der Waals surface area (Å²) >= 11 is 0. The minimum atomic E-state index is -2.49. The maximum Gasteiger partial charge on any atom is 0.258 e.